The second-order valence-corrected chi connectivity index (χ2v) is 3.97. The highest BCUT2D eigenvalue weighted by Gasteiger charge is 2.18. The van der Waals surface area contributed by atoms with E-state index >= 15 is 0 Å². The smallest absolute Gasteiger partial charge is 0.243 e. The standard InChI is InChI=1S/C12H19N3O2/c1-8-5-6-10(13)7-11(8)14-12(16)9(2)15(3)17-4/h5-7,9H,13H2,1-4H3,(H,14,16). The minimum atomic E-state index is -0.374. The van der Waals surface area contributed by atoms with Gasteiger partial charge in [-0.25, -0.2) is 0 Å². The van der Waals surface area contributed by atoms with E-state index in [1.165, 1.54) is 12.2 Å². The number of amides is 1. The van der Waals surface area contributed by atoms with E-state index in [0.717, 1.165) is 11.3 Å². The van der Waals surface area contributed by atoms with Crippen LogP contribution in [0.4, 0.5) is 11.4 Å². The van der Waals surface area contributed by atoms with E-state index in [0.29, 0.717) is 5.69 Å². The average Bonchev–Trinajstić information content (AvgIpc) is 2.31. The van der Waals surface area contributed by atoms with Crippen LogP contribution in [0.5, 0.6) is 0 Å². The third-order valence-corrected chi connectivity index (χ3v) is 2.73. The third-order valence-electron chi connectivity index (χ3n) is 2.73. The SMILES string of the molecule is CON(C)C(C)C(=O)Nc1cc(N)ccc1C. The molecule has 0 bridgehead atoms. The fourth-order valence-corrected chi connectivity index (χ4v) is 1.33. The second kappa shape index (κ2) is 5.65. The molecule has 0 aromatic heterocycles. The first kappa shape index (κ1) is 13.5. The van der Waals surface area contributed by atoms with Crippen molar-refractivity contribution in [2.75, 3.05) is 25.2 Å². The Morgan fingerprint density at radius 2 is 2.18 bits per heavy atom. The molecule has 0 aliphatic carbocycles. The van der Waals surface area contributed by atoms with Gasteiger partial charge >= 0.3 is 0 Å². The van der Waals surface area contributed by atoms with E-state index in [-0.39, 0.29) is 11.9 Å². The molecule has 1 atom stereocenters. The molecule has 17 heavy (non-hydrogen) atoms. The van der Waals surface area contributed by atoms with Crippen molar-refractivity contribution in [3.8, 4) is 0 Å². The van der Waals surface area contributed by atoms with E-state index in [1.807, 2.05) is 13.0 Å². The molecule has 5 nitrogen and oxygen atoms in total. The summed E-state index contributed by atoms with van der Waals surface area (Å²) in [5.41, 5.74) is 8.00. The molecule has 1 rings (SSSR count). The van der Waals surface area contributed by atoms with Crippen LogP contribution in [-0.4, -0.2) is 31.2 Å². The summed E-state index contributed by atoms with van der Waals surface area (Å²) in [6, 6.07) is 5.04. The predicted molar refractivity (Wildman–Crippen MR) is 68.5 cm³/mol. The normalized spacial score (nSPS) is 12.5. The maximum Gasteiger partial charge on any atom is 0.243 e. The van der Waals surface area contributed by atoms with Crippen LogP contribution in [-0.2, 0) is 9.63 Å². The molecule has 0 fully saturated rings. The zero-order valence-corrected chi connectivity index (χ0v) is 10.7. The van der Waals surface area contributed by atoms with Crippen LogP contribution in [0.3, 0.4) is 0 Å². The first-order chi connectivity index (χ1) is 7.95. The number of benzene rings is 1. The minimum Gasteiger partial charge on any atom is -0.399 e. The van der Waals surface area contributed by atoms with Gasteiger partial charge in [-0.1, -0.05) is 6.07 Å². The van der Waals surface area contributed by atoms with Gasteiger partial charge < -0.3 is 15.9 Å². The predicted octanol–water partition coefficient (Wildman–Crippen LogP) is 1.40. The highest BCUT2D eigenvalue weighted by molar-refractivity contribution is 5.95. The zero-order valence-electron chi connectivity index (χ0n) is 10.7. The van der Waals surface area contributed by atoms with Crippen molar-refractivity contribution >= 4 is 17.3 Å². The van der Waals surface area contributed by atoms with Gasteiger partial charge in [-0.15, -0.1) is 0 Å². The first-order valence-corrected chi connectivity index (χ1v) is 5.39. The highest BCUT2D eigenvalue weighted by atomic mass is 16.7. The Bertz CT molecular complexity index is 407. The van der Waals surface area contributed by atoms with Crippen LogP contribution in [0, 0.1) is 6.92 Å². The molecule has 0 saturated carbocycles. The fourth-order valence-electron chi connectivity index (χ4n) is 1.33. The average molecular weight is 237 g/mol. The number of hydroxylamine groups is 2. The summed E-state index contributed by atoms with van der Waals surface area (Å²) in [6.07, 6.45) is 0. The molecule has 0 aliphatic heterocycles. The lowest BCUT2D eigenvalue weighted by Gasteiger charge is -2.21. The number of nitrogen functional groups attached to an aromatic ring is 1. The van der Waals surface area contributed by atoms with E-state index in [2.05, 4.69) is 5.32 Å². The summed E-state index contributed by atoms with van der Waals surface area (Å²) in [5, 5.41) is 4.31. The number of anilines is 2. The maximum absolute atomic E-state index is 11.9. The number of carbonyl (C=O) groups excluding carboxylic acids is 1. The zero-order chi connectivity index (χ0) is 13.0. The molecule has 0 radical (unpaired) electrons. The lowest BCUT2D eigenvalue weighted by Crippen LogP contribution is -2.39. The van der Waals surface area contributed by atoms with Gasteiger partial charge in [0.1, 0.15) is 6.04 Å². The molecule has 3 N–H and O–H groups in total. The summed E-state index contributed by atoms with van der Waals surface area (Å²) in [5.74, 6) is -0.136. The molecule has 1 amide bonds. The van der Waals surface area contributed by atoms with Crippen LogP contribution >= 0.6 is 0 Å². The molecule has 1 unspecified atom stereocenters. The van der Waals surface area contributed by atoms with Gasteiger partial charge in [0.05, 0.1) is 7.11 Å². The quantitative estimate of drug-likeness (QED) is 0.613. The van der Waals surface area contributed by atoms with Crippen LogP contribution in [0.25, 0.3) is 0 Å². The van der Waals surface area contributed by atoms with Gasteiger partial charge in [0.2, 0.25) is 5.91 Å². The summed E-state index contributed by atoms with van der Waals surface area (Å²) < 4.78 is 0. The molecule has 0 aliphatic rings. The number of carbonyl (C=O) groups is 1. The number of aryl methyl sites for hydroxylation is 1. The van der Waals surface area contributed by atoms with Gasteiger partial charge in [0, 0.05) is 18.4 Å². The number of rotatable bonds is 4. The van der Waals surface area contributed by atoms with Crippen molar-refractivity contribution in [1.29, 1.82) is 0 Å². The Hall–Kier alpha value is -1.59. The Kier molecular flexibility index (Phi) is 4.48. The molecule has 0 spiro atoms. The van der Waals surface area contributed by atoms with Crippen molar-refractivity contribution in [2.24, 2.45) is 0 Å². The van der Waals surface area contributed by atoms with Gasteiger partial charge in [-0.2, -0.15) is 5.06 Å². The van der Waals surface area contributed by atoms with Crippen LogP contribution in [0.2, 0.25) is 0 Å². The summed E-state index contributed by atoms with van der Waals surface area (Å²) in [7, 11) is 3.23. The summed E-state index contributed by atoms with van der Waals surface area (Å²) in [4.78, 5) is 16.9. The van der Waals surface area contributed by atoms with Crippen molar-refractivity contribution in [3.63, 3.8) is 0 Å². The molecular weight excluding hydrogens is 218 g/mol. The van der Waals surface area contributed by atoms with Crippen molar-refractivity contribution < 1.29 is 9.63 Å². The molecule has 0 saturated heterocycles. The van der Waals surface area contributed by atoms with Gasteiger partial charge in [-0.05, 0) is 31.5 Å². The first-order valence-electron chi connectivity index (χ1n) is 5.39. The van der Waals surface area contributed by atoms with Crippen LogP contribution in [0.15, 0.2) is 18.2 Å². The molecule has 1 aromatic carbocycles. The van der Waals surface area contributed by atoms with Crippen LogP contribution in [0.1, 0.15) is 12.5 Å². The minimum absolute atomic E-state index is 0.136. The van der Waals surface area contributed by atoms with Gasteiger partial charge in [-0.3, -0.25) is 4.79 Å². The number of nitrogens with one attached hydrogen (secondary N) is 1. The van der Waals surface area contributed by atoms with Gasteiger partial charge in [0.25, 0.3) is 0 Å². The molecular formula is C12H19N3O2. The lowest BCUT2D eigenvalue weighted by atomic mass is 10.1. The van der Waals surface area contributed by atoms with E-state index in [1.54, 1.807) is 26.1 Å². The topological polar surface area (TPSA) is 67.6 Å². The van der Waals surface area contributed by atoms with Crippen molar-refractivity contribution in [2.45, 2.75) is 19.9 Å². The summed E-state index contributed by atoms with van der Waals surface area (Å²) in [6.45, 7) is 3.68. The van der Waals surface area contributed by atoms with E-state index in [4.69, 9.17) is 10.6 Å². The Morgan fingerprint density at radius 3 is 2.76 bits per heavy atom. The second-order valence-electron chi connectivity index (χ2n) is 3.97. The molecule has 0 heterocycles. The van der Waals surface area contributed by atoms with Crippen LogP contribution < -0.4 is 11.1 Å². The largest absolute Gasteiger partial charge is 0.399 e. The van der Waals surface area contributed by atoms with Crippen molar-refractivity contribution in [3.05, 3.63) is 23.8 Å². The number of likely N-dealkylation sites (N-methyl/N-ethyl adjacent to an activating group) is 1. The maximum atomic E-state index is 11.9. The highest BCUT2D eigenvalue weighted by Crippen LogP contribution is 2.18. The Labute approximate surface area is 101 Å². The molecule has 5 heteroatoms. The summed E-state index contributed by atoms with van der Waals surface area (Å²) >= 11 is 0. The van der Waals surface area contributed by atoms with Gasteiger partial charge in [0.15, 0.2) is 0 Å². The Morgan fingerprint density at radius 1 is 1.53 bits per heavy atom. The number of hydrogen-bond acceptors (Lipinski definition) is 4. The number of nitrogens with zero attached hydrogens (tertiary/aromatic N) is 1. The lowest BCUT2D eigenvalue weighted by molar-refractivity contribution is -0.154. The van der Waals surface area contributed by atoms with E-state index < -0.39 is 0 Å². The monoisotopic (exact) mass is 237 g/mol. The fraction of sp³-hybridized carbons (Fsp3) is 0.417. The number of nitrogens with two attached hydrogens (primary N) is 1. The van der Waals surface area contributed by atoms with E-state index in [9.17, 15) is 4.79 Å². The third kappa shape index (κ3) is 3.44. The molecule has 94 valence electrons. The number of hydrogen-bond donors (Lipinski definition) is 2. The van der Waals surface area contributed by atoms with Crippen molar-refractivity contribution in [1.82, 2.24) is 5.06 Å². The molecule has 1 aromatic rings. The Balaban J connectivity index is 2.77.